The summed E-state index contributed by atoms with van der Waals surface area (Å²) >= 11 is 2.13. The summed E-state index contributed by atoms with van der Waals surface area (Å²) in [6.07, 6.45) is 11.8. The molecule has 39 heavy (non-hydrogen) atoms. The van der Waals surface area contributed by atoms with Crippen LogP contribution in [-0.4, -0.2) is 72.5 Å². The number of thioether (sulfide) groups is 1. The zero-order valence-electron chi connectivity index (χ0n) is 20.0. The Hall–Kier alpha value is -4.75. The van der Waals surface area contributed by atoms with E-state index in [1.807, 2.05) is 0 Å². The molecule has 3 amide bonds. The van der Waals surface area contributed by atoms with Crippen molar-refractivity contribution in [3.05, 3.63) is 59.3 Å². The van der Waals surface area contributed by atoms with E-state index in [4.69, 9.17) is 22.7 Å². The molecule has 0 aromatic carbocycles. The number of pyridine rings is 1. The van der Waals surface area contributed by atoms with E-state index in [0.29, 0.717) is 17.7 Å². The molecule has 1 unspecified atom stereocenters. The molecule has 1 saturated heterocycles. The van der Waals surface area contributed by atoms with Crippen molar-refractivity contribution >= 4 is 57.8 Å². The van der Waals surface area contributed by atoms with Gasteiger partial charge in [-0.15, -0.1) is 18.2 Å². The lowest BCUT2D eigenvalue weighted by molar-refractivity contribution is -0.687. The predicted octanol–water partition coefficient (Wildman–Crippen LogP) is -1.14. The number of allylic oxidation sites excluding steroid dienone is 2. The van der Waals surface area contributed by atoms with Gasteiger partial charge in [-0.1, -0.05) is 17.2 Å². The SMILES string of the molecule is C#CCO/N=C(\C(=O)NC1C(=O)N2C(C(=O)O)=C(/C=C/C[n+]3ccc(C(N)=O)cc3)CS[C@H]12)c1nsc(N)n1. The standard InChI is InChI=1S/C23H20N8O6S2/c1-2-10-37-28-14(18-27-23(25)39-29-18)19(33)26-15-20(34)31-16(22(35)36)13(11-38-21(15)31)4-3-7-30-8-5-12(6-9-30)17(24)32/h1,3-6,8-9,15,21H,7,10-11H2,(H5-,24,25,26,27,29,32,33,35,36)/p+1/b4-3+,28-14-/t15?,21-/m1/s1. The first kappa shape index (κ1) is 27.3. The summed E-state index contributed by atoms with van der Waals surface area (Å²) in [4.78, 5) is 59.2. The zero-order chi connectivity index (χ0) is 28.1. The molecule has 14 nitrogen and oxygen atoms in total. The van der Waals surface area contributed by atoms with Crippen molar-refractivity contribution in [3.63, 3.8) is 0 Å². The molecule has 0 spiro atoms. The summed E-state index contributed by atoms with van der Waals surface area (Å²) in [5.74, 6) is -0.850. The molecule has 2 atom stereocenters. The van der Waals surface area contributed by atoms with Gasteiger partial charge in [0.15, 0.2) is 30.7 Å². The zero-order valence-corrected chi connectivity index (χ0v) is 21.6. The van der Waals surface area contributed by atoms with Gasteiger partial charge in [-0.05, 0) is 11.6 Å². The number of anilines is 1. The Bertz CT molecular complexity index is 1460. The van der Waals surface area contributed by atoms with Crippen molar-refractivity contribution < 1.29 is 33.7 Å². The molecule has 0 radical (unpaired) electrons. The third kappa shape index (κ3) is 5.89. The molecule has 2 aliphatic heterocycles. The molecular weight excluding hydrogens is 548 g/mol. The first-order valence-electron chi connectivity index (χ1n) is 11.1. The minimum atomic E-state index is -1.27. The molecule has 0 saturated carbocycles. The van der Waals surface area contributed by atoms with E-state index >= 15 is 0 Å². The Morgan fingerprint density at radius 2 is 2.13 bits per heavy atom. The van der Waals surface area contributed by atoms with Crippen LogP contribution < -0.4 is 21.4 Å². The van der Waals surface area contributed by atoms with E-state index in [0.717, 1.165) is 16.4 Å². The third-order valence-electron chi connectivity index (χ3n) is 5.47. The number of β-lactam (4-membered cyclic amide) rings is 1. The van der Waals surface area contributed by atoms with Crippen molar-refractivity contribution in [3.8, 4) is 12.3 Å². The van der Waals surface area contributed by atoms with Crippen LogP contribution in [0, 0.1) is 12.3 Å². The maximum atomic E-state index is 13.0. The Kier molecular flexibility index (Phi) is 8.22. The molecule has 1 fully saturated rings. The fourth-order valence-corrected chi connectivity index (χ4v) is 5.44. The first-order valence-corrected chi connectivity index (χ1v) is 12.9. The highest BCUT2D eigenvalue weighted by Gasteiger charge is 2.54. The number of hydrogen-bond acceptors (Lipinski definition) is 11. The second kappa shape index (κ2) is 11.8. The van der Waals surface area contributed by atoms with E-state index in [9.17, 15) is 24.3 Å². The molecule has 200 valence electrons. The number of fused-ring (bicyclic) bond motifs is 1. The number of carbonyl (C=O) groups is 4. The van der Waals surface area contributed by atoms with Gasteiger partial charge in [-0.2, -0.15) is 9.36 Å². The Balaban J connectivity index is 1.47. The first-order chi connectivity index (χ1) is 18.7. The van der Waals surface area contributed by atoms with Gasteiger partial charge in [0, 0.05) is 29.4 Å². The maximum absolute atomic E-state index is 13.0. The lowest BCUT2D eigenvalue weighted by Crippen LogP contribution is -2.71. The number of amides is 3. The lowest BCUT2D eigenvalue weighted by atomic mass is 10.0. The Labute approximate surface area is 229 Å². The average molecular weight is 570 g/mol. The van der Waals surface area contributed by atoms with Gasteiger partial charge < -0.3 is 26.7 Å². The fourth-order valence-electron chi connectivity index (χ4n) is 3.69. The topological polar surface area (TPSA) is 207 Å². The van der Waals surface area contributed by atoms with E-state index in [1.54, 1.807) is 41.2 Å². The summed E-state index contributed by atoms with van der Waals surface area (Å²) in [6, 6.07) is 2.13. The molecule has 4 heterocycles. The van der Waals surface area contributed by atoms with Gasteiger partial charge >= 0.3 is 5.97 Å². The van der Waals surface area contributed by atoms with Gasteiger partial charge in [0.05, 0.1) is 5.56 Å². The van der Waals surface area contributed by atoms with Crippen LogP contribution in [0.2, 0.25) is 0 Å². The van der Waals surface area contributed by atoms with Gasteiger partial charge in [-0.3, -0.25) is 19.3 Å². The van der Waals surface area contributed by atoms with E-state index in [1.165, 1.54) is 11.8 Å². The summed E-state index contributed by atoms with van der Waals surface area (Å²) in [7, 11) is 0. The predicted molar refractivity (Wildman–Crippen MR) is 140 cm³/mol. The van der Waals surface area contributed by atoms with E-state index < -0.39 is 35.1 Å². The summed E-state index contributed by atoms with van der Waals surface area (Å²) in [5, 5.41) is 15.5. The minimum absolute atomic E-state index is 0.0917. The number of nitrogen functional groups attached to an aromatic ring is 1. The van der Waals surface area contributed by atoms with Crippen LogP contribution in [0.3, 0.4) is 0 Å². The number of oxime groups is 1. The molecular formula is C23H21N8O6S2+. The lowest BCUT2D eigenvalue weighted by Gasteiger charge is -2.49. The van der Waals surface area contributed by atoms with E-state index in [2.05, 4.69) is 25.8 Å². The Morgan fingerprint density at radius 3 is 2.74 bits per heavy atom. The van der Waals surface area contributed by atoms with Crippen LogP contribution >= 0.6 is 23.3 Å². The van der Waals surface area contributed by atoms with Crippen molar-refractivity contribution in [2.75, 3.05) is 18.1 Å². The van der Waals surface area contributed by atoms with Crippen LogP contribution in [0.5, 0.6) is 0 Å². The number of carboxylic acids is 1. The van der Waals surface area contributed by atoms with Gasteiger partial charge in [-0.25, -0.2) is 9.36 Å². The number of nitrogens with one attached hydrogen (secondary N) is 1. The average Bonchev–Trinajstić information content (AvgIpc) is 3.35. The normalized spacial score (nSPS) is 18.8. The number of aromatic nitrogens is 3. The number of carbonyl (C=O) groups excluding carboxylic acids is 3. The molecule has 0 aliphatic carbocycles. The van der Waals surface area contributed by atoms with Crippen LogP contribution in [0.1, 0.15) is 16.2 Å². The molecule has 6 N–H and O–H groups in total. The van der Waals surface area contributed by atoms with Crippen molar-refractivity contribution in [1.82, 2.24) is 19.6 Å². The largest absolute Gasteiger partial charge is 0.477 e. The molecule has 4 rings (SSSR count). The third-order valence-corrected chi connectivity index (χ3v) is 7.31. The van der Waals surface area contributed by atoms with Crippen LogP contribution in [0.4, 0.5) is 5.13 Å². The quantitative estimate of drug-likeness (QED) is 0.0675. The maximum Gasteiger partial charge on any atom is 0.352 e. The van der Waals surface area contributed by atoms with Crippen molar-refractivity contribution in [1.29, 1.82) is 0 Å². The van der Waals surface area contributed by atoms with Crippen LogP contribution in [-0.2, 0) is 25.8 Å². The highest BCUT2D eigenvalue weighted by molar-refractivity contribution is 8.00. The molecule has 0 bridgehead atoms. The highest BCUT2D eigenvalue weighted by Crippen LogP contribution is 2.40. The van der Waals surface area contributed by atoms with Crippen molar-refractivity contribution in [2.45, 2.75) is 18.0 Å². The van der Waals surface area contributed by atoms with Crippen LogP contribution in [0.25, 0.3) is 0 Å². The minimum Gasteiger partial charge on any atom is -0.477 e. The number of nitrogens with zero attached hydrogens (tertiary/aromatic N) is 5. The number of terminal acetylenes is 1. The van der Waals surface area contributed by atoms with Gasteiger partial charge in [0.1, 0.15) is 17.1 Å². The number of primary amides is 1. The molecule has 16 heteroatoms. The molecule has 2 aromatic heterocycles. The second-order valence-electron chi connectivity index (χ2n) is 7.96. The van der Waals surface area contributed by atoms with Gasteiger partial charge in [0.2, 0.25) is 17.4 Å². The Morgan fingerprint density at radius 1 is 1.38 bits per heavy atom. The van der Waals surface area contributed by atoms with E-state index in [-0.39, 0.29) is 34.7 Å². The second-order valence-corrected chi connectivity index (χ2v) is 9.85. The number of rotatable bonds is 10. The monoisotopic (exact) mass is 569 g/mol. The molecule has 2 aliphatic rings. The number of nitrogens with two attached hydrogens (primary N) is 2. The summed E-state index contributed by atoms with van der Waals surface area (Å²) in [5.41, 5.74) is 11.1. The smallest absolute Gasteiger partial charge is 0.352 e. The van der Waals surface area contributed by atoms with Crippen LogP contribution in [0.15, 0.2) is 53.1 Å². The highest BCUT2D eigenvalue weighted by atomic mass is 32.2. The number of aliphatic carboxylic acids is 1. The number of carboxylic acid groups (broad SMARTS) is 1. The fraction of sp³-hybridized carbons (Fsp3) is 0.217. The number of hydrogen-bond donors (Lipinski definition) is 4. The van der Waals surface area contributed by atoms with Gasteiger partial charge in [0.25, 0.3) is 11.8 Å². The van der Waals surface area contributed by atoms with Crippen molar-refractivity contribution in [2.24, 2.45) is 10.9 Å². The summed E-state index contributed by atoms with van der Waals surface area (Å²) in [6.45, 7) is 0.167. The molecule has 2 aromatic rings. The summed E-state index contributed by atoms with van der Waals surface area (Å²) < 4.78 is 5.71.